The first-order chi connectivity index (χ1) is 37.3. The van der Waals surface area contributed by atoms with Crippen molar-refractivity contribution in [2.45, 2.75) is 40.0 Å². The molecule has 0 radical (unpaired) electrons. The summed E-state index contributed by atoms with van der Waals surface area (Å²) in [5, 5.41) is 11.4. The molecular weight excluding hydrogens is 1010 g/mol. The number of carbonyl (C=O) groups excluding carboxylic acids is 2. The van der Waals surface area contributed by atoms with Crippen molar-refractivity contribution in [1.82, 2.24) is 49.0 Å². The number of aromatic nitrogens is 10. The van der Waals surface area contributed by atoms with Gasteiger partial charge in [0, 0.05) is 106 Å². The molecule has 0 fully saturated rings. The third kappa shape index (κ3) is 13.0. The number of anilines is 6. The summed E-state index contributed by atoms with van der Waals surface area (Å²) in [6.45, 7) is 7.16. The Morgan fingerprint density at radius 3 is 1.27 bits per heavy atom. The van der Waals surface area contributed by atoms with Gasteiger partial charge in [0.05, 0.1) is 46.6 Å². The molecule has 0 aliphatic carbocycles. The molecule has 392 valence electrons. The Morgan fingerprint density at radius 1 is 0.487 bits per heavy atom. The first kappa shape index (κ1) is 52.7. The van der Waals surface area contributed by atoms with Crippen molar-refractivity contribution in [3.05, 3.63) is 216 Å². The molecule has 2 amide bonds. The first-order valence-corrected chi connectivity index (χ1v) is 23.6. The van der Waals surface area contributed by atoms with Crippen LogP contribution in [0.3, 0.4) is 0 Å². The van der Waals surface area contributed by atoms with Gasteiger partial charge in [0.15, 0.2) is 0 Å². The molecule has 6 heterocycles. The second-order valence-corrected chi connectivity index (χ2v) is 17.6. The zero-order valence-corrected chi connectivity index (χ0v) is 41.7. The Labute approximate surface area is 441 Å². The summed E-state index contributed by atoms with van der Waals surface area (Å²) < 4.78 is 84.6. The Balaban J connectivity index is 0.000000190. The number of nitrogens with one attached hydrogen (secondary N) is 4. The number of benzene rings is 4. The Morgan fingerprint density at radius 2 is 0.910 bits per heavy atom. The number of amides is 2. The summed E-state index contributed by atoms with van der Waals surface area (Å²) in [7, 11) is 0. The lowest BCUT2D eigenvalue weighted by Gasteiger charge is -2.14. The van der Waals surface area contributed by atoms with Crippen molar-refractivity contribution in [2.24, 2.45) is 0 Å². The summed E-state index contributed by atoms with van der Waals surface area (Å²) >= 11 is 0. The number of aryl methyl sites for hydroxylation is 4. The number of halogens is 6. The van der Waals surface area contributed by atoms with E-state index in [1.165, 1.54) is 33.9 Å². The lowest BCUT2D eigenvalue weighted by atomic mass is 10.1. The van der Waals surface area contributed by atoms with Gasteiger partial charge in [-0.3, -0.25) is 19.6 Å². The van der Waals surface area contributed by atoms with E-state index in [2.05, 4.69) is 61.1 Å². The van der Waals surface area contributed by atoms with E-state index in [4.69, 9.17) is 0 Å². The molecule has 0 unspecified atom stereocenters. The molecule has 6 aromatic heterocycles. The topological polar surface area (TPSA) is 195 Å². The second kappa shape index (κ2) is 22.4. The van der Waals surface area contributed by atoms with E-state index in [9.17, 15) is 35.9 Å². The van der Waals surface area contributed by atoms with Crippen LogP contribution in [0.5, 0.6) is 0 Å². The Kier molecular flexibility index (Phi) is 15.1. The van der Waals surface area contributed by atoms with Crippen molar-refractivity contribution in [3.63, 3.8) is 0 Å². The van der Waals surface area contributed by atoms with Crippen LogP contribution in [0.4, 0.5) is 61.0 Å². The number of hydrogen-bond acceptors (Lipinski definition) is 12. The van der Waals surface area contributed by atoms with Gasteiger partial charge in [-0.15, -0.1) is 0 Å². The number of carbonyl (C=O) groups is 2. The van der Waals surface area contributed by atoms with Crippen molar-refractivity contribution in [2.75, 3.05) is 21.3 Å². The lowest BCUT2D eigenvalue weighted by molar-refractivity contribution is -0.138. The fourth-order valence-electron chi connectivity index (χ4n) is 7.75. The van der Waals surface area contributed by atoms with E-state index >= 15 is 0 Å². The molecular formula is C56H44F6N14O2. The van der Waals surface area contributed by atoms with Crippen LogP contribution in [0, 0.1) is 27.7 Å². The largest absolute Gasteiger partial charge is 0.416 e. The minimum absolute atomic E-state index is 0.00114. The maximum absolute atomic E-state index is 13.6. The quantitative estimate of drug-likeness (QED) is 0.0847. The van der Waals surface area contributed by atoms with Crippen LogP contribution in [0.25, 0.3) is 33.9 Å². The second-order valence-electron chi connectivity index (χ2n) is 17.6. The standard InChI is InChI=1S/2C28H22F3N7O/c2*1-17-5-6-19(10-25(17)37-27-33-9-7-24(36-27)20-4-3-8-32-14-20)26(39)35-22-11-21(28(29,30)31)12-23(13-22)38-15-18(2)34-16-38/h2*3-16H,1-2H3,(H,35,39)(H,33,36,37). The normalized spacial score (nSPS) is 11.3. The van der Waals surface area contributed by atoms with E-state index < -0.39 is 35.3 Å². The minimum atomic E-state index is -4.60. The predicted octanol–water partition coefficient (Wildman–Crippen LogP) is 12.7. The summed E-state index contributed by atoms with van der Waals surface area (Å²) in [4.78, 5) is 60.1. The van der Waals surface area contributed by atoms with Crippen molar-refractivity contribution >= 4 is 46.5 Å². The highest BCUT2D eigenvalue weighted by molar-refractivity contribution is 6.06. The van der Waals surface area contributed by atoms with Gasteiger partial charge in [-0.1, -0.05) is 12.1 Å². The average molecular weight is 1060 g/mol. The molecule has 22 heteroatoms. The number of hydrogen-bond donors (Lipinski definition) is 4. The maximum Gasteiger partial charge on any atom is 0.416 e. The van der Waals surface area contributed by atoms with E-state index in [1.54, 1.807) is 124 Å². The van der Waals surface area contributed by atoms with E-state index in [1.807, 2.05) is 26.0 Å². The van der Waals surface area contributed by atoms with Gasteiger partial charge in [0.25, 0.3) is 11.8 Å². The molecule has 0 spiro atoms. The van der Waals surface area contributed by atoms with E-state index in [0.717, 1.165) is 46.5 Å². The van der Waals surface area contributed by atoms with Crippen LogP contribution in [0.15, 0.2) is 171 Å². The van der Waals surface area contributed by atoms with Gasteiger partial charge in [-0.25, -0.2) is 29.9 Å². The van der Waals surface area contributed by atoms with Crippen molar-refractivity contribution in [1.29, 1.82) is 0 Å². The summed E-state index contributed by atoms with van der Waals surface area (Å²) in [5.41, 5.74) is 6.18. The number of nitrogens with zero attached hydrogens (tertiary/aromatic N) is 10. The highest BCUT2D eigenvalue weighted by Gasteiger charge is 2.33. The first-order valence-electron chi connectivity index (χ1n) is 23.6. The van der Waals surface area contributed by atoms with Gasteiger partial charge in [-0.2, -0.15) is 26.3 Å². The SMILES string of the molecule is Cc1cn(-c2cc(NC(=O)c3ccc(C)c(Nc4nccc(-c5cccnc5)n4)c3)cc(C(F)(F)F)c2)cn1.Cc1cn(-c2cc(NC(=O)c3ccc(C)c(Nc4nccc(-c5cccnc5)n4)c3)cc(C(F)(F)F)c2)cn1. The molecule has 78 heavy (non-hydrogen) atoms. The van der Waals surface area contributed by atoms with Crippen LogP contribution in [0.2, 0.25) is 0 Å². The maximum atomic E-state index is 13.6. The average Bonchev–Trinajstić information content (AvgIpc) is 4.13. The van der Waals surface area contributed by atoms with Crippen LogP contribution in [-0.2, 0) is 12.4 Å². The number of imidazole rings is 2. The fraction of sp³-hybridized carbons (Fsp3) is 0.107. The van der Waals surface area contributed by atoms with Gasteiger partial charge in [0.1, 0.15) is 0 Å². The Hall–Kier alpha value is -10.1. The minimum Gasteiger partial charge on any atom is -0.324 e. The third-order valence-electron chi connectivity index (χ3n) is 11.7. The molecule has 0 bridgehead atoms. The van der Waals surface area contributed by atoms with Gasteiger partial charge >= 0.3 is 12.4 Å². The highest BCUT2D eigenvalue weighted by atomic mass is 19.4. The summed E-state index contributed by atoms with van der Waals surface area (Å²) in [5.74, 6) is -0.518. The summed E-state index contributed by atoms with van der Waals surface area (Å²) in [6.07, 6.45) is 6.77. The van der Waals surface area contributed by atoms with E-state index in [-0.39, 0.29) is 33.9 Å². The zero-order chi connectivity index (χ0) is 55.1. The highest BCUT2D eigenvalue weighted by Crippen LogP contribution is 2.35. The molecule has 4 N–H and O–H groups in total. The molecule has 16 nitrogen and oxygen atoms in total. The molecule has 0 saturated carbocycles. The summed E-state index contributed by atoms with van der Waals surface area (Å²) in [6, 6.07) is 27.4. The molecule has 0 aliphatic heterocycles. The van der Waals surface area contributed by atoms with Crippen LogP contribution < -0.4 is 21.3 Å². The van der Waals surface area contributed by atoms with Crippen LogP contribution in [0.1, 0.15) is 54.4 Å². The molecule has 0 saturated heterocycles. The molecule has 10 aromatic rings. The molecule has 10 rings (SSSR count). The van der Waals surface area contributed by atoms with Gasteiger partial charge in [0.2, 0.25) is 11.9 Å². The number of alkyl halides is 6. The monoisotopic (exact) mass is 1060 g/mol. The number of pyridine rings is 2. The van der Waals surface area contributed by atoms with Crippen molar-refractivity contribution in [3.8, 4) is 33.9 Å². The fourth-order valence-corrected chi connectivity index (χ4v) is 7.75. The molecule has 0 aliphatic rings. The van der Waals surface area contributed by atoms with E-state index in [0.29, 0.717) is 46.0 Å². The smallest absolute Gasteiger partial charge is 0.324 e. The lowest BCUT2D eigenvalue weighted by Crippen LogP contribution is -2.14. The molecule has 0 atom stereocenters. The van der Waals surface area contributed by atoms with Gasteiger partial charge < -0.3 is 30.4 Å². The predicted molar refractivity (Wildman–Crippen MR) is 282 cm³/mol. The van der Waals surface area contributed by atoms with Gasteiger partial charge in [-0.05, 0) is 136 Å². The Bertz CT molecular complexity index is 3540. The molecule has 4 aromatic carbocycles. The van der Waals surface area contributed by atoms with Crippen molar-refractivity contribution < 1.29 is 35.9 Å². The van der Waals surface area contributed by atoms with Crippen LogP contribution >= 0.6 is 0 Å². The number of rotatable bonds is 12. The third-order valence-corrected chi connectivity index (χ3v) is 11.7. The zero-order valence-electron chi connectivity index (χ0n) is 41.7. The van der Waals surface area contributed by atoms with Crippen LogP contribution in [-0.4, -0.2) is 60.8 Å².